The fraction of sp³-hybridized carbons (Fsp3) is 0. The number of nitriles is 4. The van der Waals surface area contributed by atoms with Crippen molar-refractivity contribution in [1.82, 2.24) is 0 Å². The lowest BCUT2D eigenvalue weighted by Crippen LogP contribution is -1.91. The van der Waals surface area contributed by atoms with E-state index < -0.39 is 0 Å². The average Bonchev–Trinajstić information content (AvgIpc) is 3.94. The summed E-state index contributed by atoms with van der Waals surface area (Å²) in [5.41, 5.74) is 13.6. The maximum Gasteiger partial charge on any atom is 0.187 e. The molecule has 0 aliphatic heterocycles. The van der Waals surface area contributed by atoms with Gasteiger partial charge in [-0.15, -0.1) is 0 Å². The van der Waals surface area contributed by atoms with E-state index in [4.69, 9.17) is 13.1 Å². The van der Waals surface area contributed by atoms with Crippen LogP contribution in [0, 0.1) is 58.5 Å². The Balaban J connectivity index is 1.69. The van der Waals surface area contributed by atoms with Gasteiger partial charge in [-0.05, 0) is 115 Å². The molecule has 0 N–H and O–H groups in total. The molecule has 6 heteroatoms. The molecule has 246 valence electrons. The molecular weight excluding hydrogens is 661 g/mol. The van der Waals surface area contributed by atoms with E-state index in [-0.39, 0.29) is 0 Å². The summed E-state index contributed by atoms with van der Waals surface area (Å²) in [7, 11) is 0. The third-order valence-electron chi connectivity index (χ3n) is 9.22. The molecule has 0 radical (unpaired) electrons. The van der Waals surface area contributed by atoms with Crippen LogP contribution < -0.4 is 0 Å². The normalized spacial score (nSPS) is 13.1. The van der Waals surface area contributed by atoms with Gasteiger partial charge in [0.05, 0.1) is 59.7 Å². The lowest BCUT2D eigenvalue weighted by Gasteiger charge is -2.10. The smallest absolute Gasteiger partial charge is 0.187 e. The Labute approximate surface area is 313 Å². The quantitative estimate of drug-likeness (QED) is 0.163. The van der Waals surface area contributed by atoms with Crippen molar-refractivity contribution >= 4 is 28.1 Å². The maximum absolute atomic E-state index is 9.66. The molecule has 1 fully saturated rings. The van der Waals surface area contributed by atoms with E-state index in [0.29, 0.717) is 33.6 Å². The lowest BCUT2D eigenvalue weighted by molar-refractivity contribution is 1.45. The van der Waals surface area contributed by atoms with E-state index in [1.807, 2.05) is 72.8 Å². The zero-order valence-corrected chi connectivity index (χ0v) is 28.5. The van der Waals surface area contributed by atoms with E-state index in [1.54, 1.807) is 72.8 Å². The van der Waals surface area contributed by atoms with Crippen molar-refractivity contribution in [2.75, 3.05) is 0 Å². The van der Waals surface area contributed by atoms with Gasteiger partial charge in [0.1, 0.15) is 0 Å². The van der Waals surface area contributed by atoms with Crippen molar-refractivity contribution in [3.05, 3.63) is 241 Å². The second-order valence-corrected chi connectivity index (χ2v) is 12.3. The zero-order valence-electron chi connectivity index (χ0n) is 28.5. The summed E-state index contributed by atoms with van der Waals surface area (Å²) in [5, 5.41) is 38.6. The van der Waals surface area contributed by atoms with Gasteiger partial charge in [0.15, 0.2) is 11.4 Å². The Hall–Kier alpha value is -8.52. The van der Waals surface area contributed by atoms with Crippen LogP contribution in [0.5, 0.6) is 0 Å². The molecule has 1 aliphatic rings. The molecule has 6 nitrogen and oxygen atoms in total. The average molecular weight is 685 g/mol. The summed E-state index contributed by atoms with van der Waals surface area (Å²) < 4.78 is 0. The number of hydrogen-bond acceptors (Lipinski definition) is 4. The van der Waals surface area contributed by atoms with Gasteiger partial charge in [-0.3, -0.25) is 0 Å². The Morgan fingerprint density at radius 2 is 0.500 bits per heavy atom. The molecule has 1 saturated carbocycles. The van der Waals surface area contributed by atoms with Crippen LogP contribution >= 0.6 is 0 Å². The summed E-state index contributed by atoms with van der Waals surface area (Å²) >= 11 is 0. The molecule has 7 rings (SSSR count). The SMILES string of the molecule is [C-]#[N+]c1ccc(/C(=C2/C(=C(c3ccc(C#N)cc3)c3ccc(C#N)cc3)/C2=C(\c2ccc(C#N)cc2)c2ccc([N+]#[C-])cc2)c2ccc(C#N)cc2)cc1. The Morgan fingerprint density at radius 1 is 0.315 bits per heavy atom. The van der Waals surface area contributed by atoms with Crippen molar-refractivity contribution in [2.24, 2.45) is 0 Å². The minimum atomic E-state index is 0.499. The molecule has 0 saturated heterocycles. The van der Waals surface area contributed by atoms with Gasteiger partial charge in [-0.1, -0.05) is 97.1 Å². The topological polar surface area (TPSA) is 104 Å². The monoisotopic (exact) mass is 684 g/mol. The van der Waals surface area contributed by atoms with E-state index in [9.17, 15) is 21.0 Å². The van der Waals surface area contributed by atoms with Crippen molar-refractivity contribution in [1.29, 1.82) is 21.0 Å². The molecule has 0 aromatic heterocycles. The fourth-order valence-corrected chi connectivity index (χ4v) is 6.55. The van der Waals surface area contributed by atoms with Gasteiger partial charge in [-0.2, -0.15) is 21.0 Å². The first-order valence-electron chi connectivity index (χ1n) is 16.7. The molecule has 6 aromatic carbocycles. The van der Waals surface area contributed by atoms with Crippen LogP contribution in [0.4, 0.5) is 11.4 Å². The number of rotatable bonds is 6. The molecule has 0 atom stereocenters. The molecule has 54 heavy (non-hydrogen) atoms. The largest absolute Gasteiger partial charge is 0.238 e. The Bertz CT molecular complexity index is 2290. The van der Waals surface area contributed by atoms with Crippen molar-refractivity contribution in [3.63, 3.8) is 0 Å². The summed E-state index contributed by atoms with van der Waals surface area (Å²) in [6.07, 6.45) is 0. The highest BCUT2D eigenvalue weighted by Gasteiger charge is 2.41. The zero-order chi connectivity index (χ0) is 37.6. The highest BCUT2D eigenvalue weighted by molar-refractivity contribution is 6.13. The van der Waals surface area contributed by atoms with Crippen LogP contribution in [0.3, 0.4) is 0 Å². The minimum absolute atomic E-state index is 0.499. The fourth-order valence-electron chi connectivity index (χ4n) is 6.55. The van der Waals surface area contributed by atoms with Gasteiger partial charge < -0.3 is 0 Å². The summed E-state index contributed by atoms with van der Waals surface area (Å²) in [4.78, 5) is 7.24. The molecule has 1 aliphatic carbocycles. The number of allylic oxidation sites excluding steroid dienone is 3. The third-order valence-corrected chi connectivity index (χ3v) is 9.22. The van der Waals surface area contributed by atoms with Crippen LogP contribution in [0.15, 0.2) is 162 Å². The maximum atomic E-state index is 9.66. The number of benzene rings is 6. The van der Waals surface area contributed by atoms with Gasteiger partial charge in [0.25, 0.3) is 0 Å². The number of nitrogens with zero attached hydrogens (tertiary/aromatic N) is 6. The minimum Gasteiger partial charge on any atom is -0.238 e. The van der Waals surface area contributed by atoms with Crippen molar-refractivity contribution < 1.29 is 0 Å². The van der Waals surface area contributed by atoms with E-state index in [0.717, 1.165) is 66.8 Å². The van der Waals surface area contributed by atoms with Crippen LogP contribution in [0.1, 0.15) is 55.6 Å². The molecule has 6 aromatic rings. The van der Waals surface area contributed by atoms with Gasteiger partial charge in [0.2, 0.25) is 0 Å². The van der Waals surface area contributed by atoms with Gasteiger partial charge in [0, 0.05) is 0 Å². The molecule has 0 spiro atoms. The van der Waals surface area contributed by atoms with Crippen LogP contribution in [-0.4, -0.2) is 0 Å². The molecule has 0 unspecified atom stereocenters. The highest BCUT2D eigenvalue weighted by atomic mass is 14.6. The summed E-state index contributed by atoms with van der Waals surface area (Å²) in [6.45, 7) is 15.2. The van der Waals surface area contributed by atoms with E-state index in [1.165, 1.54) is 0 Å². The molecule has 0 bridgehead atoms. The van der Waals surface area contributed by atoms with Crippen molar-refractivity contribution in [2.45, 2.75) is 0 Å². The predicted molar refractivity (Wildman–Crippen MR) is 208 cm³/mol. The summed E-state index contributed by atoms with van der Waals surface area (Å²) in [6, 6.07) is 53.3. The molecular formula is C48H24N6. The Kier molecular flexibility index (Phi) is 9.28. The van der Waals surface area contributed by atoms with E-state index >= 15 is 0 Å². The van der Waals surface area contributed by atoms with Crippen LogP contribution in [-0.2, 0) is 0 Å². The lowest BCUT2D eigenvalue weighted by atomic mass is 9.93. The third kappa shape index (κ3) is 6.55. The van der Waals surface area contributed by atoms with Gasteiger partial charge >= 0.3 is 0 Å². The van der Waals surface area contributed by atoms with Crippen LogP contribution in [0.25, 0.3) is 26.4 Å². The van der Waals surface area contributed by atoms with Crippen LogP contribution in [0.2, 0.25) is 0 Å². The standard InChI is InChI=1S/C48H24N6/c1-53-41-23-19-39(20-24-41)44(37-15-7-33(29-51)8-16-37)47-46(43(35-11-3-31(27-49)4-12-35)36-13-5-32(28-50)6-14-36)48(47)45(38-17-9-34(30-52)10-18-38)40-21-25-42(54-2)26-22-40/h3-26H/b47-44-,48-45-. The Morgan fingerprint density at radius 3 is 0.667 bits per heavy atom. The van der Waals surface area contributed by atoms with Crippen molar-refractivity contribution in [3.8, 4) is 24.3 Å². The molecule has 0 heterocycles. The second kappa shape index (κ2) is 14.8. The summed E-state index contributed by atoms with van der Waals surface area (Å²) in [5.74, 6) is 0. The first kappa shape index (κ1) is 34.0. The molecule has 0 amide bonds. The number of hydrogen-bond donors (Lipinski definition) is 0. The first-order chi connectivity index (χ1) is 26.5. The first-order valence-corrected chi connectivity index (χ1v) is 16.7. The highest BCUT2D eigenvalue weighted by Crippen LogP contribution is 2.59. The van der Waals surface area contributed by atoms with E-state index in [2.05, 4.69) is 34.0 Å². The van der Waals surface area contributed by atoms with Gasteiger partial charge in [-0.25, -0.2) is 9.69 Å². The predicted octanol–water partition coefficient (Wildman–Crippen LogP) is 11.1. The second-order valence-electron chi connectivity index (χ2n) is 12.3.